The number of aromatic nitrogens is 2. The number of nitrogens with zero attached hydrogens (tertiary/aromatic N) is 4. The average molecular weight is 377 g/mol. The van der Waals surface area contributed by atoms with Crippen molar-refractivity contribution < 1.29 is 4.79 Å². The maximum Gasteiger partial charge on any atom is 0.257 e. The predicted molar refractivity (Wildman–Crippen MR) is 99.7 cm³/mol. The van der Waals surface area contributed by atoms with Gasteiger partial charge in [0, 0.05) is 11.3 Å². The fourth-order valence-electron chi connectivity index (χ4n) is 2.00. The van der Waals surface area contributed by atoms with Crippen molar-refractivity contribution >= 4 is 34.1 Å². The van der Waals surface area contributed by atoms with E-state index in [0.29, 0.717) is 27.6 Å². The number of benzene rings is 2. The number of thioether (sulfide) groups is 1. The predicted octanol–water partition coefficient (Wildman–Crippen LogP) is 3.83. The van der Waals surface area contributed by atoms with Gasteiger partial charge in [-0.25, -0.2) is 0 Å². The molecular formula is C18H11N5OS2. The van der Waals surface area contributed by atoms with Gasteiger partial charge < -0.3 is 0 Å². The monoisotopic (exact) mass is 377 g/mol. The van der Waals surface area contributed by atoms with Crippen LogP contribution in [0.15, 0.2) is 52.9 Å². The smallest absolute Gasteiger partial charge is 0.257 e. The van der Waals surface area contributed by atoms with Crippen LogP contribution in [-0.2, 0) is 5.75 Å². The van der Waals surface area contributed by atoms with Crippen molar-refractivity contribution in [2.45, 2.75) is 10.1 Å². The zero-order chi connectivity index (χ0) is 18.4. The van der Waals surface area contributed by atoms with E-state index >= 15 is 0 Å². The third-order valence-electron chi connectivity index (χ3n) is 3.35. The standard InChI is InChI=1S/C18H11N5OS2/c19-9-12-1-3-14(4-2-12)11-25-18-23-22-17(26-18)21-16(24)15-7-5-13(10-20)6-8-15/h1-8H,11H2,(H,21,22,24). The summed E-state index contributed by atoms with van der Waals surface area (Å²) in [5.41, 5.74) is 2.65. The summed E-state index contributed by atoms with van der Waals surface area (Å²) in [6.07, 6.45) is 0. The zero-order valence-electron chi connectivity index (χ0n) is 13.3. The first-order chi connectivity index (χ1) is 12.7. The first-order valence-electron chi connectivity index (χ1n) is 7.45. The molecule has 0 bridgehead atoms. The van der Waals surface area contributed by atoms with E-state index in [1.54, 1.807) is 36.4 Å². The van der Waals surface area contributed by atoms with Crippen LogP contribution in [0, 0.1) is 22.7 Å². The lowest BCUT2D eigenvalue weighted by Gasteiger charge is -2.00. The van der Waals surface area contributed by atoms with Crippen molar-refractivity contribution in [2.75, 3.05) is 5.32 Å². The van der Waals surface area contributed by atoms with Crippen LogP contribution >= 0.6 is 23.1 Å². The molecule has 3 aromatic rings. The number of carbonyl (C=O) groups is 1. The summed E-state index contributed by atoms with van der Waals surface area (Å²) in [7, 11) is 0. The molecule has 0 aliphatic carbocycles. The van der Waals surface area contributed by atoms with E-state index in [2.05, 4.69) is 21.6 Å². The van der Waals surface area contributed by atoms with Gasteiger partial charge in [-0.3, -0.25) is 10.1 Å². The summed E-state index contributed by atoms with van der Waals surface area (Å²) in [5, 5.41) is 28.7. The SMILES string of the molecule is N#Cc1ccc(CSc2nnc(NC(=O)c3ccc(C#N)cc3)s2)cc1. The Balaban J connectivity index is 1.57. The van der Waals surface area contributed by atoms with Crippen molar-refractivity contribution in [1.82, 2.24) is 10.2 Å². The summed E-state index contributed by atoms with van der Waals surface area (Å²) in [6, 6.07) is 17.8. The van der Waals surface area contributed by atoms with Crippen LogP contribution < -0.4 is 5.32 Å². The van der Waals surface area contributed by atoms with Crippen LogP contribution in [0.5, 0.6) is 0 Å². The highest BCUT2D eigenvalue weighted by Crippen LogP contribution is 2.28. The Morgan fingerprint density at radius 2 is 1.62 bits per heavy atom. The normalized spacial score (nSPS) is 9.92. The molecular weight excluding hydrogens is 366 g/mol. The number of nitrogens with one attached hydrogen (secondary N) is 1. The molecule has 126 valence electrons. The van der Waals surface area contributed by atoms with Gasteiger partial charge >= 0.3 is 0 Å². The highest BCUT2D eigenvalue weighted by Gasteiger charge is 2.11. The Morgan fingerprint density at radius 1 is 1.00 bits per heavy atom. The van der Waals surface area contributed by atoms with Crippen LogP contribution in [0.25, 0.3) is 0 Å². The molecule has 0 aliphatic heterocycles. The molecule has 2 aromatic carbocycles. The van der Waals surface area contributed by atoms with Gasteiger partial charge in [-0.15, -0.1) is 10.2 Å². The zero-order valence-corrected chi connectivity index (χ0v) is 15.0. The summed E-state index contributed by atoms with van der Waals surface area (Å²) in [6.45, 7) is 0. The molecule has 6 nitrogen and oxygen atoms in total. The van der Waals surface area contributed by atoms with E-state index in [4.69, 9.17) is 10.5 Å². The summed E-state index contributed by atoms with van der Waals surface area (Å²) >= 11 is 2.80. The van der Waals surface area contributed by atoms with Gasteiger partial charge in [0.2, 0.25) is 5.13 Å². The van der Waals surface area contributed by atoms with Crippen molar-refractivity contribution in [3.63, 3.8) is 0 Å². The number of amides is 1. The third kappa shape index (κ3) is 4.45. The molecule has 0 fully saturated rings. The highest BCUT2D eigenvalue weighted by molar-refractivity contribution is 8.00. The summed E-state index contributed by atoms with van der Waals surface area (Å²) < 4.78 is 0.740. The molecule has 0 atom stereocenters. The van der Waals surface area contributed by atoms with Gasteiger partial charge in [0.25, 0.3) is 5.91 Å². The molecule has 0 saturated carbocycles. The number of anilines is 1. The lowest BCUT2D eigenvalue weighted by Crippen LogP contribution is -2.11. The quantitative estimate of drug-likeness (QED) is 0.535. The fourth-order valence-corrected chi connectivity index (χ4v) is 3.71. The minimum atomic E-state index is -0.297. The molecule has 1 N–H and O–H groups in total. The Labute approximate surface area is 158 Å². The highest BCUT2D eigenvalue weighted by atomic mass is 32.2. The second-order valence-electron chi connectivity index (χ2n) is 5.11. The van der Waals surface area contributed by atoms with Gasteiger partial charge in [0.1, 0.15) is 0 Å². The van der Waals surface area contributed by atoms with Crippen LogP contribution in [0.1, 0.15) is 27.0 Å². The average Bonchev–Trinajstić information content (AvgIpc) is 3.14. The van der Waals surface area contributed by atoms with E-state index in [0.717, 1.165) is 9.90 Å². The molecule has 0 unspecified atom stereocenters. The Kier molecular flexibility index (Phi) is 5.59. The van der Waals surface area contributed by atoms with E-state index in [9.17, 15) is 4.79 Å². The van der Waals surface area contributed by atoms with Crippen molar-refractivity contribution in [3.8, 4) is 12.1 Å². The van der Waals surface area contributed by atoms with E-state index in [-0.39, 0.29) is 5.91 Å². The van der Waals surface area contributed by atoms with Gasteiger partial charge in [-0.1, -0.05) is 35.2 Å². The molecule has 1 amide bonds. The second-order valence-corrected chi connectivity index (χ2v) is 7.31. The fraction of sp³-hybridized carbons (Fsp3) is 0.0556. The van der Waals surface area contributed by atoms with Crippen LogP contribution in [0.3, 0.4) is 0 Å². The molecule has 0 saturated heterocycles. The molecule has 0 aliphatic rings. The third-order valence-corrected chi connectivity index (χ3v) is 5.39. The van der Waals surface area contributed by atoms with Gasteiger partial charge in [0.15, 0.2) is 4.34 Å². The second kappa shape index (κ2) is 8.26. The molecule has 1 heterocycles. The van der Waals surface area contributed by atoms with E-state index in [1.807, 2.05) is 18.2 Å². The number of nitriles is 2. The molecule has 8 heteroatoms. The maximum absolute atomic E-state index is 12.2. The molecule has 3 rings (SSSR count). The largest absolute Gasteiger partial charge is 0.296 e. The van der Waals surface area contributed by atoms with Gasteiger partial charge in [-0.2, -0.15) is 10.5 Å². The van der Waals surface area contributed by atoms with Gasteiger partial charge in [0.05, 0.1) is 23.3 Å². The maximum atomic E-state index is 12.2. The minimum Gasteiger partial charge on any atom is -0.296 e. The molecule has 26 heavy (non-hydrogen) atoms. The Bertz CT molecular complexity index is 998. The first kappa shape index (κ1) is 17.6. The van der Waals surface area contributed by atoms with Crippen LogP contribution in [0.2, 0.25) is 0 Å². The van der Waals surface area contributed by atoms with Crippen molar-refractivity contribution in [2.24, 2.45) is 0 Å². The molecule has 1 aromatic heterocycles. The number of carbonyl (C=O) groups excluding carboxylic acids is 1. The minimum absolute atomic E-state index is 0.297. The number of rotatable bonds is 5. The van der Waals surface area contributed by atoms with Crippen LogP contribution in [0.4, 0.5) is 5.13 Å². The van der Waals surface area contributed by atoms with Crippen LogP contribution in [-0.4, -0.2) is 16.1 Å². The molecule has 0 spiro atoms. The lowest BCUT2D eigenvalue weighted by molar-refractivity contribution is 0.102. The van der Waals surface area contributed by atoms with Crippen molar-refractivity contribution in [3.05, 3.63) is 70.8 Å². The summed E-state index contributed by atoms with van der Waals surface area (Å²) in [5.74, 6) is 0.401. The topological polar surface area (TPSA) is 102 Å². The van der Waals surface area contributed by atoms with Crippen molar-refractivity contribution in [1.29, 1.82) is 10.5 Å². The Hall–Kier alpha value is -3.20. The molecule has 0 radical (unpaired) electrons. The van der Waals surface area contributed by atoms with Gasteiger partial charge in [-0.05, 0) is 42.0 Å². The van der Waals surface area contributed by atoms with E-state index < -0.39 is 0 Å². The first-order valence-corrected chi connectivity index (χ1v) is 9.25. The lowest BCUT2D eigenvalue weighted by atomic mass is 10.1. The Morgan fingerprint density at radius 3 is 2.23 bits per heavy atom. The van der Waals surface area contributed by atoms with E-state index in [1.165, 1.54) is 23.1 Å². The summed E-state index contributed by atoms with van der Waals surface area (Å²) in [4.78, 5) is 12.2. The number of hydrogen-bond acceptors (Lipinski definition) is 7. The number of hydrogen-bond donors (Lipinski definition) is 1.